The highest BCUT2D eigenvalue weighted by Gasteiger charge is 2.42. The van der Waals surface area contributed by atoms with Crippen LogP contribution in [0.5, 0.6) is 11.5 Å². The average Bonchev–Trinajstić information content (AvgIpc) is 3.39. The molecule has 1 unspecified atom stereocenters. The smallest absolute Gasteiger partial charge is 0.347 e. The van der Waals surface area contributed by atoms with Gasteiger partial charge in [-0.05, 0) is 122 Å². The van der Waals surface area contributed by atoms with Crippen molar-refractivity contribution in [3.05, 3.63) is 177 Å². The third-order valence-corrected chi connectivity index (χ3v) is 13.4. The van der Waals surface area contributed by atoms with E-state index in [4.69, 9.17) is 9.47 Å². The van der Waals surface area contributed by atoms with Crippen molar-refractivity contribution in [2.24, 2.45) is 11.8 Å². The third-order valence-electron chi connectivity index (χ3n) is 13.4. The standard InChI is InChI=1S/C55H61N5O9/c61-48-20-18-46(47-19-21-50(63)58-52(47)48)49(62)33-56-27-22-38-14-16-42(17-15-38)53(65)57-34-51(64)60-30-25-41(26-31-60)36-68-45-13-7-12-44(32-45)55(67,43-10-5-2-6-11-43)54(66)69-37-40-23-28-59(29-24-40)35-39-8-3-1-4-9-39/h1-21,32,40-41,49,56,61-62,67H,22-31,33-37H2,(H,57,65)(H,58,63)/t49-,55?/m0/s1. The molecule has 14 heteroatoms. The van der Waals surface area contributed by atoms with Crippen molar-refractivity contribution in [2.75, 3.05) is 59.0 Å². The number of hydrogen-bond acceptors (Lipinski definition) is 11. The molecule has 2 amide bonds. The number of fused-ring (bicyclic) bond motifs is 1. The fraction of sp³-hybridized carbons (Fsp3) is 0.345. The second-order valence-corrected chi connectivity index (χ2v) is 18.2. The molecule has 8 rings (SSSR count). The lowest BCUT2D eigenvalue weighted by Gasteiger charge is -2.33. The van der Waals surface area contributed by atoms with Crippen molar-refractivity contribution in [3.8, 4) is 11.5 Å². The van der Waals surface area contributed by atoms with E-state index in [9.17, 15) is 34.5 Å². The number of ether oxygens (including phenoxy) is 2. The lowest BCUT2D eigenvalue weighted by atomic mass is 9.86. The van der Waals surface area contributed by atoms with Gasteiger partial charge in [0.05, 0.1) is 31.4 Å². The molecule has 1 aromatic heterocycles. The quantitative estimate of drug-likeness (QED) is 0.0423. The highest BCUT2D eigenvalue weighted by Crippen LogP contribution is 2.34. The van der Waals surface area contributed by atoms with Crippen molar-refractivity contribution < 1.29 is 39.2 Å². The fourth-order valence-corrected chi connectivity index (χ4v) is 9.23. The molecule has 3 heterocycles. The number of amides is 2. The lowest BCUT2D eigenvalue weighted by molar-refractivity contribution is -0.164. The fourth-order valence-electron chi connectivity index (χ4n) is 9.23. The van der Waals surface area contributed by atoms with Gasteiger partial charge in [-0.3, -0.25) is 19.3 Å². The van der Waals surface area contributed by atoms with Crippen LogP contribution >= 0.6 is 0 Å². The van der Waals surface area contributed by atoms with E-state index in [-0.39, 0.29) is 60.2 Å². The van der Waals surface area contributed by atoms with Gasteiger partial charge in [-0.15, -0.1) is 0 Å². The Morgan fingerprint density at radius 3 is 2.17 bits per heavy atom. The summed E-state index contributed by atoms with van der Waals surface area (Å²) in [4.78, 5) is 58.5. The summed E-state index contributed by atoms with van der Waals surface area (Å²) in [5.41, 5.74) is 1.97. The SMILES string of the molecule is O=C(NCC(=O)N1CCC(COc2cccc(C(O)(C(=O)OCC3CCN(Cc4ccccc4)CC3)c3ccccc3)c2)CC1)c1ccc(CCNC[C@H](O)c2ccc(O)c3[nH]c(=O)ccc23)cc1. The number of nitrogens with zero attached hydrogens (tertiary/aromatic N) is 2. The zero-order valence-electron chi connectivity index (χ0n) is 38.7. The summed E-state index contributed by atoms with van der Waals surface area (Å²) in [6.07, 6.45) is 3.02. The van der Waals surface area contributed by atoms with Crippen molar-refractivity contribution >= 4 is 28.7 Å². The topological polar surface area (TPSA) is 194 Å². The van der Waals surface area contributed by atoms with Crippen LogP contribution in [0.15, 0.2) is 138 Å². The normalized spacial score (nSPS) is 16.1. The number of benzene rings is 5. The summed E-state index contributed by atoms with van der Waals surface area (Å²) >= 11 is 0. The van der Waals surface area contributed by atoms with E-state index in [2.05, 4.69) is 44.8 Å². The Morgan fingerprint density at radius 2 is 1.43 bits per heavy atom. The van der Waals surface area contributed by atoms with Gasteiger partial charge >= 0.3 is 5.97 Å². The van der Waals surface area contributed by atoms with E-state index in [1.54, 1.807) is 77.7 Å². The minimum Gasteiger partial charge on any atom is -0.506 e. The first-order chi connectivity index (χ1) is 33.5. The van der Waals surface area contributed by atoms with Crippen molar-refractivity contribution in [1.29, 1.82) is 0 Å². The number of esters is 1. The molecule has 69 heavy (non-hydrogen) atoms. The van der Waals surface area contributed by atoms with Crippen LogP contribution in [-0.4, -0.2) is 107 Å². The second-order valence-electron chi connectivity index (χ2n) is 18.2. The Balaban J connectivity index is 0.750. The molecular weight excluding hydrogens is 875 g/mol. The van der Waals surface area contributed by atoms with Gasteiger partial charge in [0.1, 0.15) is 11.5 Å². The Labute approximate surface area is 401 Å². The number of phenolic OH excluding ortho intramolecular Hbond substituents is 1. The molecular formula is C55H61N5O9. The summed E-state index contributed by atoms with van der Waals surface area (Å²) in [7, 11) is 0. The molecule has 0 radical (unpaired) electrons. The van der Waals surface area contributed by atoms with Crippen molar-refractivity contribution in [3.63, 3.8) is 0 Å². The van der Waals surface area contributed by atoms with Gasteiger partial charge in [0, 0.05) is 48.8 Å². The van der Waals surface area contributed by atoms with Crippen LogP contribution in [0.25, 0.3) is 10.9 Å². The Kier molecular flexibility index (Phi) is 16.2. The number of carbonyl (C=O) groups is 3. The molecule has 0 aliphatic carbocycles. The van der Waals surface area contributed by atoms with Gasteiger partial charge in [0.15, 0.2) is 0 Å². The van der Waals surface area contributed by atoms with E-state index < -0.39 is 17.7 Å². The predicted octanol–water partition coefficient (Wildman–Crippen LogP) is 5.84. The Bertz CT molecular complexity index is 2720. The second kappa shape index (κ2) is 23.0. The Morgan fingerprint density at radius 1 is 0.754 bits per heavy atom. The molecule has 0 spiro atoms. The molecule has 0 bridgehead atoms. The predicted molar refractivity (Wildman–Crippen MR) is 263 cm³/mol. The van der Waals surface area contributed by atoms with Crippen LogP contribution in [0.4, 0.5) is 0 Å². The van der Waals surface area contributed by atoms with Crippen LogP contribution in [0, 0.1) is 11.8 Å². The molecule has 6 aromatic rings. The van der Waals surface area contributed by atoms with Crippen LogP contribution in [0.1, 0.15) is 70.0 Å². The zero-order chi connectivity index (χ0) is 48.2. The van der Waals surface area contributed by atoms with Gasteiger partial charge in [0.2, 0.25) is 17.1 Å². The maximum absolute atomic E-state index is 13.9. The number of likely N-dealkylation sites (tertiary alicyclic amines) is 2. The van der Waals surface area contributed by atoms with Gasteiger partial charge in [-0.1, -0.05) is 91.0 Å². The number of aromatic hydroxyl groups is 1. The molecule has 6 N–H and O–H groups in total. The lowest BCUT2D eigenvalue weighted by Crippen LogP contribution is -2.44. The van der Waals surface area contributed by atoms with Crippen LogP contribution in [0.2, 0.25) is 0 Å². The van der Waals surface area contributed by atoms with E-state index >= 15 is 0 Å². The number of aromatic nitrogens is 1. The third kappa shape index (κ3) is 12.4. The number of nitrogens with one attached hydrogen (secondary N) is 3. The first kappa shape index (κ1) is 48.6. The summed E-state index contributed by atoms with van der Waals surface area (Å²) in [5.74, 6) is -0.386. The molecule has 0 saturated carbocycles. The van der Waals surface area contributed by atoms with Gasteiger partial charge in [0.25, 0.3) is 5.91 Å². The van der Waals surface area contributed by atoms with E-state index in [0.717, 1.165) is 50.9 Å². The maximum Gasteiger partial charge on any atom is 0.347 e. The van der Waals surface area contributed by atoms with E-state index in [1.165, 1.54) is 17.7 Å². The average molecular weight is 936 g/mol. The number of aliphatic hydroxyl groups is 2. The minimum absolute atomic E-state index is 0.0644. The molecule has 2 fully saturated rings. The molecule has 2 aliphatic rings. The van der Waals surface area contributed by atoms with Crippen molar-refractivity contribution in [2.45, 2.75) is 50.4 Å². The number of H-pyrrole nitrogens is 1. The molecule has 2 aliphatic heterocycles. The molecule has 2 saturated heterocycles. The highest BCUT2D eigenvalue weighted by molar-refractivity contribution is 5.96. The van der Waals surface area contributed by atoms with Crippen LogP contribution in [-0.2, 0) is 32.9 Å². The summed E-state index contributed by atoms with van der Waals surface area (Å²) in [6, 6.07) is 39.4. The van der Waals surface area contributed by atoms with Crippen LogP contribution < -0.4 is 20.9 Å². The summed E-state index contributed by atoms with van der Waals surface area (Å²) < 4.78 is 12.2. The van der Waals surface area contributed by atoms with Gasteiger partial charge in [-0.2, -0.15) is 0 Å². The number of carbonyl (C=O) groups excluding carboxylic acids is 3. The largest absolute Gasteiger partial charge is 0.506 e. The van der Waals surface area contributed by atoms with Gasteiger partial charge in [-0.25, -0.2) is 4.79 Å². The van der Waals surface area contributed by atoms with Gasteiger partial charge < -0.3 is 45.3 Å². The first-order valence-corrected chi connectivity index (χ1v) is 23.9. The zero-order valence-corrected chi connectivity index (χ0v) is 38.7. The molecule has 14 nitrogen and oxygen atoms in total. The minimum atomic E-state index is -2.04. The number of aromatic amines is 1. The van der Waals surface area contributed by atoms with Crippen LogP contribution in [0.3, 0.4) is 0 Å². The molecule has 5 aromatic carbocycles. The number of hydrogen-bond donors (Lipinski definition) is 6. The first-order valence-electron chi connectivity index (χ1n) is 23.9. The Hall–Kier alpha value is -6.84. The highest BCUT2D eigenvalue weighted by atomic mass is 16.5. The van der Waals surface area contributed by atoms with E-state index in [0.29, 0.717) is 66.1 Å². The maximum atomic E-state index is 13.9. The molecule has 2 atom stereocenters. The van der Waals surface area contributed by atoms with Crippen molar-refractivity contribution in [1.82, 2.24) is 25.4 Å². The number of pyridine rings is 1. The molecule has 360 valence electrons. The number of aliphatic hydroxyl groups excluding tert-OH is 1. The van der Waals surface area contributed by atoms with E-state index in [1.807, 2.05) is 24.3 Å². The number of piperidine rings is 2. The number of rotatable bonds is 19. The summed E-state index contributed by atoms with van der Waals surface area (Å²) in [6.45, 7) is 5.11. The number of phenols is 1. The monoisotopic (exact) mass is 935 g/mol. The summed E-state index contributed by atoms with van der Waals surface area (Å²) in [5, 5.41) is 39.7.